The molecule has 0 saturated carbocycles. The van der Waals surface area contributed by atoms with Gasteiger partial charge in [-0.1, -0.05) is 41.7 Å². The van der Waals surface area contributed by atoms with Crippen molar-refractivity contribution in [2.24, 2.45) is 10.2 Å². The Kier molecular flexibility index (Phi) is 6.35. The molecule has 0 radical (unpaired) electrons. The lowest BCUT2D eigenvalue weighted by atomic mass is 10.1. The van der Waals surface area contributed by atoms with Crippen LogP contribution in [0.25, 0.3) is 0 Å². The van der Waals surface area contributed by atoms with Crippen molar-refractivity contribution in [3.63, 3.8) is 0 Å². The van der Waals surface area contributed by atoms with E-state index in [1.165, 1.54) is 11.8 Å². The molecule has 134 valence electrons. The summed E-state index contributed by atoms with van der Waals surface area (Å²) in [5.74, 6) is -2.58. The molecule has 9 heteroatoms. The average Bonchev–Trinajstić information content (AvgIpc) is 2.97. The second-order valence-corrected chi connectivity index (χ2v) is 7.51. The van der Waals surface area contributed by atoms with Gasteiger partial charge in [-0.15, -0.1) is 5.10 Å². The summed E-state index contributed by atoms with van der Waals surface area (Å²) in [7, 11) is 0. The Morgan fingerprint density at radius 3 is 2.81 bits per heavy atom. The van der Waals surface area contributed by atoms with E-state index in [2.05, 4.69) is 20.5 Å². The van der Waals surface area contributed by atoms with Crippen molar-refractivity contribution in [1.82, 2.24) is 10.3 Å². The van der Waals surface area contributed by atoms with Gasteiger partial charge in [-0.3, -0.25) is 9.78 Å². The van der Waals surface area contributed by atoms with E-state index in [-0.39, 0.29) is 11.2 Å². The molecule has 3 rings (SSSR count). The highest BCUT2D eigenvalue weighted by molar-refractivity contribution is 8.15. The zero-order chi connectivity index (χ0) is 18.4. The minimum absolute atomic E-state index is 0.142. The van der Waals surface area contributed by atoms with Crippen molar-refractivity contribution < 1.29 is 13.6 Å². The van der Waals surface area contributed by atoms with Gasteiger partial charge in [0.05, 0.1) is 11.5 Å². The summed E-state index contributed by atoms with van der Waals surface area (Å²) in [6, 6.07) is 10.4. The summed E-state index contributed by atoms with van der Waals surface area (Å²) in [5, 5.41) is 10.8. The molecule has 1 saturated heterocycles. The summed E-state index contributed by atoms with van der Waals surface area (Å²) in [6.45, 7) is 0. The first-order valence-electron chi connectivity index (χ1n) is 7.62. The molecule has 1 aromatic carbocycles. The number of hydrogen-bond donors (Lipinski definition) is 1. The van der Waals surface area contributed by atoms with Crippen LogP contribution in [0.2, 0.25) is 0 Å². The van der Waals surface area contributed by atoms with Gasteiger partial charge in [0.15, 0.2) is 5.17 Å². The molecular weight excluding hydrogens is 378 g/mol. The Hall–Kier alpha value is -2.26. The van der Waals surface area contributed by atoms with Crippen LogP contribution in [-0.4, -0.2) is 33.3 Å². The number of thioether (sulfide) groups is 2. The molecule has 1 fully saturated rings. The van der Waals surface area contributed by atoms with E-state index >= 15 is 0 Å². The molecule has 1 aromatic heterocycles. The molecule has 1 aliphatic rings. The van der Waals surface area contributed by atoms with E-state index in [4.69, 9.17) is 0 Å². The van der Waals surface area contributed by atoms with E-state index in [1.807, 2.05) is 6.07 Å². The van der Waals surface area contributed by atoms with Crippen LogP contribution in [0.15, 0.2) is 63.9 Å². The van der Waals surface area contributed by atoms with E-state index in [0.29, 0.717) is 28.2 Å². The number of benzene rings is 1. The third-order valence-corrected chi connectivity index (χ3v) is 5.18. The number of pyridine rings is 1. The molecule has 2 aromatic rings. The number of alkyl halides is 2. The Balaban J connectivity index is 1.57. The molecule has 0 aliphatic carbocycles. The maximum Gasteiger partial charge on any atom is 0.288 e. The van der Waals surface area contributed by atoms with Crippen molar-refractivity contribution in [2.75, 3.05) is 0 Å². The van der Waals surface area contributed by atoms with E-state index in [1.54, 1.807) is 48.9 Å². The third kappa shape index (κ3) is 5.37. The zero-order valence-corrected chi connectivity index (χ0v) is 15.0. The maximum atomic E-state index is 12.3. The van der Waals surface area contributed by atoms with Crippen molar-refractivity contribution in [1.29, 1.82) is 0 Å². The van der Waals surface area contributed by atoms with Gasteiger partial charge in [-0.25, -0.2) is 0 Å². The van der Waals surface area contributed by atoms with Crippen LogP contribution in [0.3, 0.4) is 0 Å². The number of carbonyl (C=O) groups is 1. The van der Waals surface area contributed by atoms with Gasteiger partial charge < -0.3 is 5.32 Å². The number of nitrogens with one attached hydrogen (secondary N) is 1. The molecule has 1 amide bonds. The molecule has 1 N–H and O–H groups in total. The Morgan fingerprint density at radius 2 is 2.12 bits per heavy atom. The van der Waals surface area contributed by atoms with Crippen LogP contribution < -0.4 is 5.32 Å². The van der Waals surface area contributed by atoms with Crippen molar-refractivity contribution >= 4 is 40.8 Å². The van der Waals surface area contributed by atoms with Gasteiger partial charge in [0.25, 0.3) is 5.76 Å². The van der Waals surface area contributed by atoms with Gasteiger partial charge in [-0.2, -0.15) is 13.9 Å². The molecule has 5 nitrogen and oxygen atoms in total. The molecule has 1 aliphatic heterocycles. The fraction of sp³-hybridized carbons (Fsp3) is 0.176. The Labute approximate surface area is 157 Å². The number of amidine groups is 1. The molecule has 1 atom stereocenters. The number of aromatic nitrogens is 1. The smallest absolute Gasteiger partial charge is 0.288 e. The molecular formula is C17H14F2N4OS2. The van der Waals surface area contributed by atoms with E-state index in [9.17, 15) is 13.6 Å². The zero-order valence-electron chi connectivity index (χ0n) is 13.4. The summed E-state index contributed by atoms with van der Waals surface area (Å²) >= 11 is 1.80. The van der Waals surface area contributed by atoms with Crippen LogP contribution in [0.4, 0.5) is 8.78 Å². The second-order valence-electron chi connectivity index (χ2n) is 5.26. The third-order valence-electron chi connectivity index (χ3n) is 3.39. The Bertz CT molecular complexity index is 813. The fourth-order valence-electron chi connectivity index (χ4n) is 2.21. The lowest BCUT2D eigenvalue weighted by Crippen LogP contribution is -2.25. The minimum atomic E-state index is -2.44. The summed E-state index contributed by atoms with van der Waals surface area (Å²) in [4.78, 5) is 16.5. The summed E-state index contributed by atoms with van der Waals surface area (Å²) in [5.41, 5.74) is 1.71. The molecule has 0 spiro atoms. The summed E-state index contributed by atoms with van der Waals surface area (Å²) in [6.07, 6.45) is 5.36. The molecule has 26 heavy (non-hydrogen) atoms. The first-order valence-corrected chi connectivity index (χ1v) is 9.38. The summed E-state index contributed by atoms with van der Waals surface area (Å²) < 4.78 is 24.7. The highest BCUT2D eigenvalue weighted by atomic mass is 32.2. The van der Waals surface area contributed by atoms with Crippen LogP contribution in [0.1, 0.15) is 11.1 Å². The fourth-order valence-corrected chi connectivity index (χ4v) is 3.67. The molecule has 0 unspecified atom stereocenters. The normalized spacial score (nSPS) is 18.8. The highest BCUT2D eigenvalue weighted by Crippen LogP contribution is 2.27. The van der Waals surface area contributed by atoms with Crippen LogP contribution in [0, 0.1) is 0 Å². The van der Waals surface area contributed by atoms with Crippen LogP contribution in [-0.2, 0) is 11.2 Å². The predicted molar refractivity (Wildman–Crippen MR) is 101 cm³/mol. The van der Waals surface area contributed by atoms with Gasteiger partial charge in [-0.05, 0) is 30.2 Å². The standard InChI is InChI=1S/C17H14F2N4OS2/c18-16(19)25-13-5-3-11(4-6-13)8-14-15(24)22-17(26-14)23-21-10-12-2-1-7-20-9-12/h1-7,9-10,14,16H,8H2,(H,22,23,24)/b21-10-/t14-/m0/s1. The Morgan fingerprint density at radius 1 is 1.31 bits per heavy atom. The van der Waals surface area contributed by atoms with Crippen LogP contribution >= 0.6 is 23.5 Å². The van der Waals surface area contributed by atoms with E-state index in [0.717, 1.165) is 11.1 Å². The first-order chi connectivity index (χ1) is 12.6. The molecule has 0 bridgehead atoms. The maximum absolute atomic E-state index is 12.3. The number of hydrogen-bond acceptors (Lipinski definition) is 6. The highest BCUT2D eigenvalue weighted by Gasteiger charge is 2.30. The number of nitrogens with zero attached hydrogens (tertiary/aromatic N) is 3. The second kappa shape index (κ2) is 8.91. The lowest BCUT2D eigenvalue weighted by Gasteiger charge is -2.06. The number of amides is 1. The van der Waals surface area contributed by atoms with Crippen molar-refractivity contribution in [3.05, 3.63) is 59.9 Å². The van der Waals surface area contributed by atoms with Crippen LogP contribution in [0.5, 0.6) is 0 Å². The SMILES string of the molecule is O=C1N/C(=N\N=C/c2cccnc2)S[C@H]1Cc1ccc(SC(F)F)cc1. The average molecular weight is 392 g/mol. The van der Waals surface area contributed by atoms with E-state index < -0.39 is 5.76 Å². The largest absolute Gasteiger partial charge is 0.303 e. The van der Waals surface area contributed by atoms with Gasteiger partial charge >= 0.3 is 0 Å². The minimum Gasteiger partial charge on any atom is -0.303 e. The first kappa shape index (κ1) is 18.5. The van der Waals surface area contributed by atoms with Gasteiger partial charge in [0.2, 0.25) is 5.91 Å². The van der Waals surface area contributed by atoms with Gasteiger partial charge in [0.1, 0.15) is 0 Å². The van der Waals surface area contributed by atoms with Crippen molar-refractivity contribution in [2.45, 2.75) is 22.3 Å². The predicted octanol–water partition coefficient (Wildman–Crippen LogP) is 3.56. The monoisotopic (exact) mass is 392 g/mol. The lowest BCUT2D eigenvalue weighted by molar-refractivity contribution is -0.118. The molecule has 2 heterocycles. The van der Waals surface area contributed by atoms with Gasteiger partial charge in [0, 0.05) is 22.9 Å². The van der Waals surface area contributed by atoms with Crippen molar-refractivity contribution in [3.8, 4) is 0 Å². The quantitative estimate of drug-likeness (QED) is 0.464. The number of halogens is 2. The topological polar surface area (TPSA) is 66.7 Å². The number of rotatable bonds is 6. The number of carbonyl (C=O) groups excluding carboxylic acids is 1.